The van der Waals surface area contributed by atoms with Crippen LogP contribution in [-0.2, 0) is 10.0 Å². The molecule has 4 nitrogen and oxygen atoms in total. The van der Waals surface area contributed by atoms with Crippen molar-refractivity contribution in [3.8, 4) is 0 Å². The SMILES string of the molecule is O=S1(=O)C[C@H](CO)N1. The van der Waals surface area contributed by atoms with Gasteiger partial charge in [-0.2, -0.15) is 0 Å². The number of rotatable bonds is 1. The highest BCUT2D eigenvalue weighted by Crippen LogP contribution is 2.02. The Hall–Kier alpha value is -0.130. The van der Waals surface area contributed by atoms with Crippen LogP contribution >= 0.6 is 0 Å². The van der Waals surface area contributed by atoms with Crippen LogP contribution in [0.1, 0.15) is 0 Å². The first-order valence-electron chi connectivity index (χ1n) is 2.25. The molecule has 1 aliphatic heterocycles. The summed E-state index contributed by atoms with van der Waals surface area (Å²) in [5.74, 6) is 0.0729. The highest BCUT2D eigenvalue weighted by molar-refractivity contribution is 7.90. The van der Waals surface area contributed by atoms with Gasteiger partial charge in [-0.15, -0.1) is 0 Å². The van der Waals surface area contributed by atoms with E-state index in [0.29, 0.717) is 0 Å². The Bertz CT molecular complexity index is 161. The third-order valence-electron chi connectivity index (χ3n) is 0.987. The minimum atomic E-state index is -2.95. The number of aliphatic hydroxyl groups is 1. The van der Waals surface area contributed by atoms with E-state index in [1.54, 1.807) is 0 Å². The first kappa shape index (κ1) is 6.00. The van der Waals surface area contributed by atoms with Crippen molar-refractivity contribution >= 4 is 10.0 Å². The third-order valence-corrected chi connectivity index (χ3v) is 2.52. The van der Waals surface area contributed by atoms with E-state index in [1.165, 1.54) is 0 Å². The molecule has 5 heteroatoms. The smallest absolute Gasteiger partial charge is 0.213 e. The minimum absolute atomic E-state index is 0.0729. The summed E-state index contributed by atoms with van der Waals surface area (Å²) in [6.45, 7) is -0.0980. The van der Waals surface area contributed by atoms with Crippen molar-refractivity contribution in [2.45, 2.75) is 6.04 Å². The molecule has 0 amide bonds. The van der Waals surface area contributed by atoms with Gasteiger partial charge in [-0.3, -0.25) is 0 Å². The Labute approximate surface area is 47.6 Å². The van der Waals surface area contributed by atoms with E-state index in [9.17, 15) is 8.42 Å². The molecule has 1 saturated heterocycles. The van der Waals surface area contributed by atoms with Crippen molar-refractivity contribution in [2.24, 2.45) is 0 Å². The van der Waals surface area contributed by atoms with Crippen LogP contribution in [0.15, 0.2) is 0 Å². The van der Waals surface area contributed by atoms with Crippen LogP contribution in [0, 0.1) is 0 Å². The van der Waals surface area contributed by atoms with Gasteiger partial charge in [-0.1, -0.05) is 0 Å². The number of hydrogen-bond donors (Lipinski definition) is 2. The number of nitrogens with one attached hydrogen (secondary N) is 1. The van der Waals surface area contributed by atoms with Gasteiger partial charge in [0.25, 0.3) is 0 Å². The lowest BCUT2D eigenvalue weighted by atomic mass is 10.4. The predicted octanol–water partition coefficient (Wildman–Crippen LogP) is -1.72. The average molecular weight is 137 g/mol. The summed E-state index contributed by atoms with van der Waals surface area (Å²) in [7, 11) is -2.95. The van der Waals surface area contributed by atoms with E-state index in [-0.39, 0.29) is 18.4 Å². The molecular weight excluding hydrogens is 130 g/mol. The second-order valence-corrected chi connectivity index (χ2v) is 3.58. The van der Waals surface area contributed by atoms with Gasteiger partial charge in [0, 0.05) is 0 Å². The Morgan fingerprint density at radius 1 is 1.75 bits per heavy atom. The molecule has 2 N–H and O–H groups in total. The molecule has 1 rings (SSSR count). The molecule has 0 aromatic heterocycles. The van der Waals surface area contributed by atoms with Crippen LogP contribution in [0.5, 0.6) is 0 Å². The van der Waals surface area contributed by atoms with Crippen molar-refractivity contribution in [3.63, 3.8) is 0 Å². The van der Waals surface area contributed by atoms with Crippen molar-refractivity contribution in [2.75, 3.05) is 12.4 Å². The molecule has 1 fully saturated rings. The fraction of sp³-hybridized carbons (Fsp3) is 1.00. The lowest BCUT2D eigenvalue weighted by Gasteiger charge is -2.24. The third kappa shape index (κ3) is 0.988. The zero-order chi connectivity index (χ0) is 6.20. The Morgan fingerprint density at radius 3 is 2.38 bits per heavy atom. The Morgan fingerprint density at radius 2 is 2.25 bits per heavy atom. The molecule has 0 unspecified atom stereocenters. The van der Waals surface area contributed by atoms with Gasteiger partial charge in [0.1, 0.15) is 0 Å². The molecule has 0 saturated carbocycles. The van der Waals surface area contributed by atoms with E-state index in [4.69, 9.17) is 5.11 Å². The van der Waals surface area contributed by atoms with Gasteiger partial charge < -0.3 is 5.11 Å². The number of hydrogen-bond acceptors (Lipinski definition) is 3. The Balaban J connectivity index is 2.43. The fourth-order valence-corrected chi connectivity index (χ4v) is 1.77. The van der Waals surface area contributed by atoms with Gasteiger partial charge in [0.2, 0.25) is 10.0 Å². The maximum absolute atomic E-state index is 10.2. The minimum Gasteiger partial charge on any atom is -0.395 e. The highest BCUT2D eigenvalue weighted by atomic mass is 32.2. The monoisotopic (exact) mass is 137 g/mol. The molecule has 0 aromatic carbocycles. The number of sulfonamides is 1. The molecule has 0 radical (unpaired) electrons. The summed E-state index contributed by atoms with van der Waals surface area (Å²) in [5, 5.41) is 8.29. The summed E-state index contributed by atoms with van der Waals surface area (Å²) in [6.07, 6.45) is 0. The van der Waals surface area contributed by atoms with Gasteiger partial charge >= 0.3 is 0 Å². The van der Waals surface area contributed by atoms with Crippen molar-refractivity contribution in [1.29, 1.82) is 0 Å². The quantitative estimate of drug-likeness (QED) is 0.452. The van der Waals surface area contributed by atoms with Crippen LogP contribution in [0.2, 0.25) is 0 Å². The maximum Gasteiger partial charge on any atom is 0.213 e. The lowest BCUT2D eigenvalue weighted by Crippen LogP contribution is -2.54. The van der Waals surface area contributed by atoms with Crippen LogP contribution in [-0.4, -0.2) is 31.9 Å². The summed E-state index contributed by atoms with van der Waals surface area (Å²) in [6, 6.07) is -0.222. The van der Waals surface area contributed by atoms with E-state index in [0.717, 1.165) is 0 Å². The summed E-state index contributed by atoms with van der Waals surface area (Å²) < 4.78 is 22.7. The first-order valence-corrected chi connectivity index (χ1v) is 3.90. The summed E-state index contributed by atoms with van der Waals surface area (Å²) in [5.41, 5.74) is 0. The average Bonchev–Trinajstić information content (AvgIpc) is 1.60. The van der Waals surface area contributed by atoms with Crippen LogP contribution in [0.3, 0.4) is 0 Å². The van der Waals surface area contributed by atoms with Crippen LogP contribution in [0.4, 0.5) is 0 Å². The normalized spacial score (nSPS) is 33.9. The standard InChI is InChI=1S/C3H7NO3S/c5-1-3-2-8(6,7)4-3/h3-5H,1-2H2/t3-/m0/s1. The second kappa shape index (κ2) is 1.68. The van der Waals surface area contributed by atoms with Crippen LogP contribution in [0.25, 0.3) is 0 Å². The van der Waals surface area contributed by atoms with Gasteiger partial charge in [-0.05, 0) is 0 Å². The molecule has 0 aliphatic carbocycles. The highest BCUT2D eigenvalue weighted by Gasteiger charge is 2.30. The van der Waals surface area contributed by atoms with E-state index < -0.39 is 10.0 Å². The van der Waals surface area contributed by atoms with Crippen molar-refractivity contribution < 1.29 is 13.5 Å². The first-order chi connectivity index (χ1) is 3.64. The molecule has 1 heterocycles. The topological polar surface area (TPSA) is 66.4 Å². The molecular formula is C3H7NO3S. The fourth-order valence-electron chi connectivity index (χ4n) is 0.592. The summed E-state index contributed by atoms with van der Waals surface area (Å²) >= 11 is 0. The van der Waals surface area contributed by atoms with E-state index >= 15 is 0 Å². The van der Waals surface area contributed by atoms with Crippen LogP contribution < -0.4 is 4.72 Å². The molecule has 0 bridgehead atoms. The molecule has 48 valence electrons. The second-order valence-electron chi connectivity index (χ2n) is 1.78. The molecule has 0 spiro atoms. The van der Waals surface area contributed by atoms with Crippen molar-refractivity contribution in [1.82, 2.24) is 4.72 Å². The van der Waals surface area contributed by atoms with E-state index in [2.05, 4.69) is 4.72 Å². The predicted molar refractivity (Wildman–Crippen MR) is 27.8 cm³/mol. The maximum atomic E-state index is 10.2. The Kier molecular flexibility index (Phi) is 1.26. The zero-order valence-electron chi connectivity index (χ0n) is 4.16. The molecule has 8 heavy (non-hydrogen) atoms. The van der Waals surface area contributed by atoms with Gasteiger partial charge in [0.15, 0.2) is 0 Å². The zero-order valence-corrected chi connectivity index (χ0v) is 4.98. The van der Waals surface area contributed by atoms with Gasteiger partial charge in [0.05, 0.1) is 18.4 Å². The largest absolute Gasteiger partial charge is 0.395 e. The molecule has 0 aromatic rings. The number of aliphatic hydroxyl groups excluding tert-OH is 1. The molecule has 1 aliphatic rings. The summed E-state index contributed by atoms with van der Waals surface area (Å²) in [4.78, 5) is 0. The van der Waals surface area contributed by atoms with Crippen molar-refractivity contribution in [3.05, 3.63) is 0 Å². The molecule has 1 atom stereocenters. The lowest BCUT2D eigenvalue weighted by molar-refractivity contribution is 0.256. The van der Waals surface area contributed by atoms with E-state index in [1.807, 2.05) is 0 Å². The van der Waals surface area contributed by atoms with Gasteiger partial charge in [-0.25, -0.2) is 13.1 Å².